The summed E-state index contributed by atoms with van der Waals surface area (Å²) < 4.78 is 11.8. The summed E-state index contributed by atoms with van der Waals surface area (Å²) in [6.45, 7) is 14.0. The maximum absolute atomic E-state index is 6.22. The van der Waals surface area contributed by atoms with Gasteiger partial charge in [-0.15, -0.1) is 0 Å². The Morgan fingerprint density at radius 1 is 1.25 bits per heavy atom. The van der Waals surface area contributed by atoms with Crippen molar-refractivity contribution >= 4 is 0 Å². The molecule has 1 unspecified atom stereocenters. The van der Waals surface area contributed by atoms with Crippen molar-refractivity contribution in [3.05, 3.63) is 35.5 Å². The summed E-state index contributed by atoms with van der Waals surface area (Å²) in [7, 11) is 1.80. The van der Waals surface area contributed by atoms with Gasteiger partial charge in [-0.1, -0.05) is 35.5 Å². The van der Waals surface area contributed by atoms with E-state index in [2.05, 4.69) is 46.4 Å². The maximum atomic E-state index is 6.22. The first kappa shape index (κ1) is 19.5. The molecule has 1 saturated heterocycles. The monoisotopic (exact) mass is 332 g/mol. The second kappa shape index (κ2) is 8.49. The predicted molar refractivity (Wildman–Crippen MR) is 102 cm³/mol. The Hall–Kier alpha value is -0.860. The van der Waals surface area contributed by atoms with Gasteiger partial charge in [0.2, 0.25) is 0 Å². The Bertz CT molecular complexity index is 502. The van der Waals surface area contributed by atoms with Gasteiger partial charge in [0.1, 0.15) is 0 Å². The number of ether oxygens (including phenoxy) is 2. The van der Waals surface area contributed by atoms with E-state index in [-0.39, 0.29) is 5.60 Å². The summed E-state index contributed by atoms with van der Waals surface area (Å²) in [6.07, 6.45) is 12.0. The van der Waals surface area contributed by atoms with Crippen molar-refractivity contribution in [1.82, 2.24) is 0 Å². The molecule has 1 aliphatic heterocycles. The van der Waals surface area contributed by atoms with Gasteiger partial charge in [-0.25, -0.2) is 0 Å². The van der Waals surface area contributed by atoms with Gasteiger partial charge in [0, 0.05) is 13.0 Å². The molecule has 1 fully saturated rings. The average molecular weight is 333 g/mol. The highest BCUT2D eigenvalue weighted by molar-refractivity contribution is 5.13. The molecular formula is C22H36O2. The van der Waals surface area contributed by atoms with Crippen molar-refractivity contribution in [2.75, 3.05) is 13.7 Å². The summed E-state index contributed by atoms with van der Waals surface area (Å²) in [5.74, 6) is 0.888. The normalized spacial score (nSPS) is 39.6. The average Bonchev–Trinajstić information content (AvgIpc) is 3.16. The third-order valence-corrected chi connectivity index (χ3v) is 5.85. The van der Waals surface area contributed by atoms with Crippen molar-refractivity contribution in [2.24, 2.45) is 11.8 Å². The highest BCUT2D eigenvalue weighted by atomic mass is 16.6. The lowest BCUT2D eigenvalue weighted by Crippen LogP contribution is -2.29. The largest absolute Gasteiger partial charge is 0.384 e. The van der Waals surface area contributed by atoms with Gasteiger partial charge in [0.15, 0.2) is 0 Å². The van der Waals surface area contributed by atoms with Crippen molar-refractivity contribution in [2.45, 2.75) is 77.9 Å². The number of methoxy groups -OCH3 is 1. The first-order valence-corrected chi connectivity index (χ1v) is 9.51. The van der Waals surface area contributed by atoms with Crippen molar-refractivity contribution in [3.63, 3.8) is 0 Å². The lowest BCUT2D eigenvalue weighted by atomic mass is 9.78. The molecule has 1 heterocycles. The molecular weight excluding hydrogens is 296 g/mol. The van der Waals surface area contributed by atoms with E-state index >= 15 is 0 Å². The van der Waals surface area contributed by atoms with E-state index in [9.17, 15) is 0 Å². The maximum Gasteiger partial charge on any atom is 0.0927 e. The lowest BCUT2D eigenvalue weighted by Gasteiger charge is -2.27. The Morgan fingerprint density at radius 3 is 2.58 bits per heavy atom. The van der Waals surface area contributed by atoms with Crippen LogP contribution in [0.25, 0.3) is 0 Å². The molecule has 2 heteroatoms. The van der Waals surface area contributed by atoms with Gasteiger partial charge < -0.3 is 9.47 Å². The van der Waals surface area contributed by atoms with Crippen LogP contribution in [0, 0.1) is 11.8 Å². The molecule has 24 heavy (non-hydrogen) atoms. The van der Waals surface area contributed by atoms with Gasteiger partial charge in [-0.2, -0.15) is 0 Å². The molecule has 0 bridgehead atoms. The Kier molecular flexibility index (Phi) is 6.88. The molecule has 0 N–H and O–H groups in total. The van der Waals surface area contributed by atoms with Gasteiger partial charge in [-0.05, 0) is 72.1 Å². The smallest absolute Gasteiger partial charge is 0.0927 e. The van der Waals surface area contributed by atoms with Crippen molar-refractivity contribution < 1.29 is 9.47 Å². The fourth-order valence-corrected chi connectivity index (χ4v) is 4.17. The summed E-state index contributed by atoms with van der Waals surface area (Å²) in [5.41, 5.74) is 4.29. The second-order valence-corrected chi connectivity index (χ2v) is 8.14. The lowest BCUT2D eigenvalue weighted by molar-refractivity contribution is 0.106. The molecule has 0 spiro atoms. The van der Waals surface area contributed by atoms with Gasteiger partial charge in [0.05, 0.1) is 18.3 Å². The first-order valence-electron chi connectivity index (χ1n) is 9.51. The minimum Gasteiger partial charge on any atom is -0.384 e. The van der Waals surface area contributed by atoms with E-state index in [0.29, 0.717) is 17.9 Å². The van der Waals surface area contributed by atoms with Gasteiger partial charge in [-0.3, -0.25) is 0 Å². The van der Waals surface area contributed by atoms with E-state index in [1.54, 1.807) is 7.11 Å². The molecule has 0 radical (unpaired) electrons. The molecule has 0 amide bonds. The van der Waals surface area contributed by atoms with E-state index < -0.39 is 0 Å². The topological polar surface area (TPSA) is 21.8 Å². The highest BCUT2D eigenvalue weighted by Gasteiger charge is 2.56. The minimum absolute atomic E-state index is 0.0165. The van der Waals surface area contributed by atoms with E-state index in [1.165, 1.54) is 23.1 Å². The van der Waals surface area contributed by atoms with E-state index in [0.717, 1.165) is 38.7 Å². The predicted octanol–water partition coefficient (Wildman–Crippen LogP) is 5.85. The van der Waals surface area contributed by atoms with Crippen LogP contribution in [-0.4, -0.2) is 25.4 Å². The molecule has 2 rings (SSSR count). The quantitative estimate of drug-likeness (QED) is 0.478. The van der Waals surface area contributed by atoms with Crippen LogP contribution in [0.15, 0.2) is 35.5 Å². The highest BCUT2D eigenvalue weighted by Crippen LogP contribution is 2.49. The van der Waals surface area contributed by atoms with Gasteiger partial charge >= 0.3 is 0 Å². The number of fused-ring (bicyclic) bond motifs is 1. The Morgan fingerprint density at radius 2 is 1.92 bits per heavy atom. The van der Waals surface area contributed by atoms with Crippen LogP contribution in [0.2, 0.25) is 0 Å². The molecule has 0 aromatic rings. The summed E-state index contributed by atoms with van der Waals surface area (Å²) >= 11 is 0. The molecule has 0 aromatic heterocycles. The zero-order valence-electron chi connectivity index (χ0n) is 16.4. The minimum atomic E-state index is 0.0165. The zero-order valence-corrected chi connectivity index (χ0v) is 16.4. The van der Waals surface area contributed by atoms with Gasteiger partial charge in [0.25, 0.3) is 0 Å². The standard InChI is InChI=1S/C22H36O2/c1-16(2)19-13-12-18(4)10-7-9-17(3)11-8-14-22(5)21(24-22)20(19)15-23-6/h10-11,19-21H,1,7-9,12-15H2,2-6H3/b17-11+,18-10+/t19?,20-,21-,22-/m0/s1. The number of epoxide rings is 1. The van der Waals surface area contributed by atoms with Crippen LogP contribution in [0.1, 0.15) is 66.2 Å². The van der Waals surface area contributed by atoms with Crippen LogP contribution in [0.4, 0.5) is 0 Å². The Labute approximate surface area is 149 Å². The van der Waals surface area contributed by atoms with Crippen LogP contribution < -0.4 is 0 Å². The van der Waals surface area contributed by atoms with Crippen LogP contribution >= 0.6 is 0 Å². The van der Waals surface area contributed by atoms with Crippen LogP contribution in [-0.2, 0) is 9.47 Å². The van der Waals surface area contributed by atoms with Crippen molar-refractivity contribution in [3.8, 4) is 0 Å². The third-order valence-electron chi connectivity index (χ3n) is 5.85. The van der Waals surface area contributed by atoms with Crippen LogP contribution in [0.3, 0.4) is 0 Å². The number of hydrogen-bond donors (Lipinski definition) is 0. The second-order valence-electron chi connectivity index (χ2n) is 8.14. The zero-order chi connectivity index (χ0) is 17.7. The Balaban J connectivity index is 2.20. The summed E-state index contributed by atoms with van der Waals surface area (Å²) in [6, 6.07) is 0. The number of hydrogen-bond acceptors (Lipinski definition) is 2. The summed E-state index contributed by atoms with van der Waals surface area (Å²) in [4.78, 5) is 0. The van der Waals surface area contributed by atoms with E-state index in [4.69, 9.17) is 9.47 Å². The van der Waals surface area contributed by atoms with Crippen molar-refractivity contribution in [1.29, 1.82) is 0 Å². The third kappa shape index (κ3) is 5.07. The molecule has 2 aliphatic rings. The molecule has 0 saturated carbocycles. The number of allylic oxidation sites excluding steroid dienone is 5. The molecule has 1 aliphatic carbocycles. The molecule has 2 nitrogen and oxygen atoms in total. The molecule has 136 valence electrons. The molecule has 0 aromatic carbocycles. The number of rotatable bonds is 3. The first-order chi connectivity index (χ1) is 11.4. The fraction of sp³-hybridized carbons (Fsp3) is 0.727. The molecule has 4 atom stereocenters. The SMILES string of the molecule is C=C(C)C1CC/C(C)=C/CC/C(C)=C/CC[C@]2(C)O[C@H]2[C@H]1COC. The van der Waals surface area contributed by atoms with E-state index in [1.807, 2.05) is 0 Å². The van der Waals surface area contributed by atoms with Crippen LogP contribution in [0.5, 0.6) is 0 Å². The summed E-state index contributed by atoms with van der Waals surface area (Å²) in [5, 5.41) is 0. The fourth-order valence-electron chi connectivity index (χ4n) is 4.17.